The maximum Gasteiger partial charge on any atom is 0.255 e. The number of nitrogens with two attached hydrogens (primary N) is 1. The van der Waals surface area contributed by atoms with Gasteiger partial charge in [-0.05, 0) is 32.3 Å². The predicted molar refractivity (Wildman–Crippen MR) is 125 cm³/mol. The van der Waals surface area contributed by atoms with Gasteiger partial charge in [0.05, 0.1) is 31.0 Å². The average Bonchev–Trinajstić information content (AvgIpc) is 3.42. The van der Waals surface area contributed by atoms with Gasteiger partial charge >= 0.3 is 0 Å². The first-order valence-electron chi connectivity index (χ1n) is 11.8. The van der Waals surface area contributed by atoms with Gasteiger partial charge in [-0.15, -0.1) is 5.10 Å². The number of carbonyl (C=O) groups excluding carboxylic acids is 1. The maximum absolute atomic E-state index is 12.9. The highest BCUT2D eigenvalue weighted by molar-refractivity contribution is 6.01. The van der Waals surface area contributed by atoms with Crippen LogP contribution in [0.15, 0.2) is 24.7 Å². The van der Waals surface area contributed by atoms with E-state index in [1.165, 1.54) is 0 Å². The van der Waals surface area contributed by atoms with Crippen LogP contribution in [0.25, 0.3) is 16.8 Å². The fraction of sp³-hybridized carbons (Fsp3) is 0.565. The average molecular weight is 453 g/mol. The van der Waals surface area contributed by atoms with Crippen molar-refractivity contribution in [3.05, 3.63) is 30.2 Å². The number of fused-ring (bicyclic) bond motifs is 1. The zero-order valence-electron chi connectivity index (χ0n) is 19.3. The number of pyridine rings is 1. The van der Waals surface area contributed by atoms with Crippen LogP contribution < -0.4 is 11.1 Å². The van der Waals surface area contributed by atoms with Gasteiger partial charge in [-0.3, -0.25) is 9.48 Å². The zero-order valence-corrected chi connectivity index (χ0v) is 19.3. The van der Waals surface area contributed by atoms with E-state index in [4.69, 9.17) is 10.5 Å². The van der Waals surface area contributed by atoms with Crippen molar-refractivity contribution in [2.75, 3.05) is 38.6 Å². The quantitative estimate of drug-likeness (QED) is 0.563. The topological polar surface area (TPSA) is 116 Å². The van der Waals surface area contributed by atoms with Gasteiger partial charge in [-0.25, -0.2) is 4.52 Å². The monoisotopic (exact) mass is 452 g/mol. The Kier molecular flexibility index (Phi) is 6.03. The molecule has 0 saturated carbocycles. The Hall–Kier alpha value is -2.98. The molecule has 0 aromatic carbocycles. The number of nitrogen functional groups attached to an aromatic ring is 1. The van der Waals surface area contributed by atoms with Crippen LogP contribution in [0.2, 0.25) is 0 Å². The number of anilines is 1. The Morgan fingerprint density at radius 1 is 1.27 bits per heavy atom. The largest absolute Gasteiger partial charge is 0.381 e. The summed E-state index contributed by atoms with van der Waals surface area (Å²) in [5.74, 6) is 0.659. The molecular formula is C23H32N8O2. The van der Waals surface area contributed by atoms with Crippen LogP contribution in [0.1, 0.15) is 49.5 Å². The van der Waals surface area contributed by atoms with Crippen LogP contribution in [-0.4, -0.2) is 74.1 Å². The molecule has 33 heavy (non-hydrogen) atoms. The molecule has 5 rings (SSSR count). The number of hydrogen-bond acceptors (Lipinski definition) is 7. The first-order chi connectivity index (χ1) is 16.0. The number of ether oxygens (including phenoxy) is 1. The number of nitrogens with zero attached hydrogens (tertiary/aromatic N) is 6. The lowest BCUT2D eigenvalue weighted by molar-refractivity contribution is -0.0495. The summed E-state index contributed by atoms with van der Waals surface area (Å²) in [6.45, 7) is 9.13. The van der Waals surface area contributed by atoms with Gasteiger partial charge in [-0.1, -0.05) is 6.92 Å². The third-order valence-corrected chi connectivity index (χ3v) is 6.77. The molecular weight excluding hydrogens is 420 g/mol. The standard InChI is InChI=1S/C23H32N8O2/c1-3-15(2)26-22(32)20-8-17(11-31-21(20)27-23(24)28-31)18-9-25-30(12-18)19-4-6-29(7-5-19)10-16-13-33-14-16/h8-9,11-12,15-16,19H,3-7,10,13-14H2,1-2H3,(H2,24,28)(H,26,32). The van der Waals surface area contributed by atoms with E-state index in [0.29, 0.717) is 23.2 Å². The Morgan fingerprint density at radius 3 is 2.76 bits per heavy atom. The highest BCUT2D eigenvalue weighted by atomic mass is 16.5. The zero-order chi connectivity index (χ0) is 22.9. The molecule has 3 aromatic heterocycles. The SMILES string of the molecule is CCC(C)NC(=O)c1cc(-c2cnn(C3CCN(CC4COC4)CC3)c2)cn2nc(N)nc12. The van der Waals surface area contributed by atoms with E-state index in [1.54, 1.807) is 4.52 Å². The molecule has 10 nitrogen and oxygen atoms in total. The van der Waals surface area contributed by atoms with Crippen LogP contribution in [-0.2, 0) is 4.74 Å². The Bertz CT molecular complexity index is 1130. The number of aromatic nitrogens is 5. The first kappa shape index (κ1) is 21.8. The summed E-state index contributed by atoms with van der Waals surface area (Å²) >= 11 is 0. The third kappa shape index (κ3) is 4.58. The molecule has 0 radical (unpaired) electrons. The Balaban J connectivity index is 1.35. The molecule has 1 atom stereocenters. The molecule has 0 spiro atoms. The van der Waals surface area contributed by atoms with Crippen molar-refractivity contribution >= 4 is 17.5 Å². The molecule has 176 valence electrons. The van der Waals surface area contributed by atoms with Crippen LogP contribution >= 0.6 is 0 Å². The summed E-state index contributed by atoms with van der Waals surface area (Å²) in [5, 5.41) is 11.9. The summed E-state index contributed by atoms with van der Waals surface area (Å²) in [5.41, 5.74) is 8.54. The molecule has 3 N–H and O–H groups in total. The number of nitrogens with one attached hydrogen (secondary N) is 1. The van der Waals surface area contributed by atoms with Crippen molar-refractivity contribution in [2.24, 2.45) is 5.92 Å². The second-order valence-corrected chi connectivity index (χ2v) is 9.31. The number of piperidine rings is 1. The van der Waals surface area contributed by atoms with Crippen LogP contribution in [0.3, 0.4) is 0 Å². The summed E-state index contributed by atoms with van der Waals surface area (Å²) in [7, 11) is 0. The van der Waals surface area contributed by atoms with Gasteiger partial charge in [-0.2, -0.15) is 10.1 Å². The predicted octanol–water partition coefficient (Wildman–Crippen LogP) is 1.99. The van der Waals surface area contributed by atoms with E-state index >= 15 is 0 Å². The molecule has 2 fully saturated rings. The van der Waals surface area contributed by atoms with Crippen LogP contribution in [0.4, 0.5) is 5.95 Å². The molecule has 3 aromatic rings. The molecule has 1 amide bonds. The number of rotatable bonds is 7. The minimum absolute atomic E-state index is 0.0620. The van der Waals surface area contributed by atoms with Crippen molar-refractivity contribution in [1.29, 1.82) is 0 Å². The van der Waals surface area contributed by atoms with Crippen molar-refractivity contribution in [3.63, 3.8) is 0 Å². The van der Waals surface area contributed by atoms with E-state index in [-0.39, 0.29) is 17.9 Å². The van der Waals surface area contributed by atoms with Gasteiger partial charge < -0.3 is 20.7 Å². The lowest BCUT2D eigenvalue weighted by Crippen LogP contribution is -2.43. The molecule has 2 aliphatic heterocycles. The highest BCUT2D eigenvalue weighted by Gasteiger charge is 2.26. The van der Waals surface area contributed by atoms with E-state index in [0.717, 1.165) is 63.2 Å². The van der Waals surface area contributed by atoms with Crippen molar-refractivity contribution in [1.82, 2.24) is 34.6 Å². The fourth-order valence-electron chi connectivity index (χ4n) is 4.54. The van der Waals surface area contributed by atoms with Crippen molar-refractivity contribution < 1.29 is 9.53 Å². The summed E-state index contributed by atoms with van der Waals surface area (Å²) in [4.78, 5) is 19.7. The lowest BCUT2D eigenvalue weighted by Gasteiger charge is -2.36. The molecule has 2 aliphatic rings. The van der Waals surface area contributed by atoms with E-state index < -0.39 is 0 Å². The lowest BCUT2D eigenvalue weighted by atomic mass is 10.0. The Labute approximate surface area is 193 Å². The van der Waals surface area contributed by atoms with Crippen LogP contribution in [0.5, 0.6) is 0 Å². The van der Waals surface area contributed by atoms with Gasteiger partial charge in [0.1, 0.15) is 0 Å². The number of carbonyl (C=O) groups is 1. The Morgan fingerprint density at radius 2 is 2.06 bits per heavy atom. The number of hydrogen-bond donors (Lipinski definition) is 2. The normalized spacial score (nSPS) is 19.0. The van der Waals surface area contributed by atoms with Crippen molar-refractivity contribution in [3.8, 4) is 11.1 Å². The summed E-state index contributed by atoms with van der Waals surface area (Å²) in [6, 6.07) is 2.30. The molecule has 5 heterocycles. The smallest absolute Gasteiger partial charge is 0.255 e. The molecule has 1 unspecified atom stereocenters. The second kappa shape index (κ2) is 9.11. The van der Waals surface area contributed by atoms with E-state index in [2.05, 4.69) is 36.3 Å². The summed E-state index contributed by atoms with van der Waals surface area (Å²) < 4.78 is 8.95. The molecule has 0 bridgehead atoms. The maximum atomic E-state index is 12.9. The molecule has 2 saturated heterocycles. The molecule has 10 heteroatoms. The highest BCUT2D eigenvalue weighted by Crippen LogP contribution is 2.28. The number of amides is 1. The van der Waals surface area contributed by atoms with Gasteiger partial charge in [0.2, 0.25) is 5.95 Å². The van der Waals surface area contributed by atoms with E-state index in [1.807, 2.05) is 32.3 Å². The minimum atomic E-state index is -0.180. The van der Waals surface area contributed by atoms with Crippen molar-refractivity contribution in [2.45, 2.75) is 45.2 Å². The first-order valence-corrected chi connectivity index (χ1v) is 11.8. The van der Waals surface area contributed by atoms with Gasteiger partial charge in [0.25, 0.3) is 5.91 Å². The second-order valence-electron chi connectivity index (χ2n) is 9.31. The fourth-order valence-corrected chi connectivity index (χ4v) is 4.54. The third-order valence-electron chi connectivity index (χ3n) is 6.77. The van der Waals surface area contributed by atoms with Gasteiger partial charge in [0, 0.05) is 55.1 Å². The minimum Gasteiger partial charge on any atom is -0.381 e. The van der Waals surface area contributed by atoms with Crippen LogP contribution in [0, 0.1) is 5.92 Å². The number of likely N-dealkylation sites (tertiary alicyclic amines) is 1. The summed E-state index contributed by atoms with van der Waals surface area (Å²) in [6.07, 6.45) is 8.78. The van der Waals surface area contributed by atoms with Gasteiger partial charge in [0.15, 0.2) is 5.65 Å². The molecule has 0 aliphatic carbocycles. The van der Waals surface area contributed by atoms with E-state index in [9.17, 15) is 4.79 Å².